The van der Waals surface area contributed by atoms with Gasteiger partial charge >= 0.3 is 0 Å². The Labute approximate surface area is 49.8 Å². The molecule has 0 N–H and O–H groups in total. The Hall–Kier alpha value is -0.530. The fourth-order valence-corrected chi connectivity index (χ4v) is 0.419. The smallest absolute Gasteiger partial charge is 0.257 e. The third kappa shape index (κ3) is 5.47. The quantitative estimate of drug-likeness (QED) is 0.323. The topological polar surface area (TPSA) is 43.4 Å². The van der Waals surface area contributed by atoms with Crippen LogP contribution >= 0.6 is 0 Å². The van der Waals surface area contributed by atoms with Crippen molar-refractivity contribution in [1.29, 1.82) is 0 Å². The SMILES string of the molecule is C#CCCO[SH](=O)=O. The van der Waals surface area contributed by atoms with E-state index >= 15 is 0 Å². The number of hydrogen-bond donors (Lipinski definition) is 1. The molecule has 0 saturated heterocycles. The normalized spacial score (nSPS) is 9.00. The predicted molar refractivity (Wildman–Crippen MR) is 29.7 cm³/mol. The standard InChI is InChI=1S/C4H6O3S/c1-2-3-4-7-8(5)6/h1,8H,3-4H2. The Bertz CT molecular complexity index is 145. The van der Waals surface area contributed by atoms with Crippen LogP contribution in [-0.2, 0) is 15.2 Å². The molecule has 3 nitrogen and oxygen atoms in total. The van der Waals surface area contributed by atoms with Crippen LogP contribution in [0.1, 0.15) is 6.42 Å². The summed E-state index contributed by atoms with van der Waals surface area (Å²) in [7, 11) is -2.71. The molecule has 0 aliphatic heterocycles. The van der Waals surface area contributed by atoms with Gasteiger partial charge in [-0.3, -0.25) is 4.18 Å². The highest BCUT2D eigenvalue weighted by molar-refractivity contribution is 7.67. The van der Waals surface area contributed by atoms with Crippen molar-refractivity contribution in [2.45, 2.75) is 6.42 Å². The van der Waals surface area contributed by atoms with Gasteiger partial charge in [-0.05, 0) is 0 Å². The molecular weight excluding hydrogens is 128 g/mol. The van der Waals surface area contributed by atoms with Gasteiger partial charge in [0.15, 0.2) is 0 Å². The second-order valence-electron chi connectivity index (χ2n) is 1.01. The highest BCUT2D eigenvalue weighted by Gasteiger charge is 1.81. The molecule has 4 heteroatoms. The molecule has 0 fully saturated rings. The van der Waals surface area contributed by atoms with E-state index in [9.17, 15) is 8.42 Å². The van der Waals surface area contributed by atoms with Crippen LogP contribution in [0.15, 0.2) is 0 Å². The van der Waals surface area contributed by atoms with Crippen molar-refractivity contribution in [1.82, 2.24) is 0 Å². The van der Waals surface area contributed by atoms with Gasteiger partial charge in [0.25, 0.3) is 11.0 Å². The molecule has 0 aliphatic rings. The van der Waals surface area contributed by atoms with E-state index in [-0.39, 0.29) is 6.61 Å². The van der Waals surface area contributed by atoms with Gasteiger partial charge in [-0.2, -0.15) is 0 Å². The minimum absolute atomic E-state index is 0.0925. The van der Waals surface area contributed by atoms with E-state index in [0.29, 0.717) is 6.42 Å². The maximum Gasteiger partial charge on any atom is 0.257 e. The van der Waals surface area contributed by atoms with Gasteiger partial charge in [-0.25, -0.2) is 8.42 Å². The molecule has 0 radical (unpaired) electrons. The molecule has 0 bridgehead atoms. The first-order valence-electron chi connectivity index (χ1n) is 1.98. The van der Waals surface area contributed by atoms with Crippen molar-refractivity contribution in [3.8, 4) is 12.3 Å². The molecule has 0 spiro atoms. The largest absolute Gasteiger partial charge is 0.271 e. The van der Waals surface area contributed by atoms with Crippen LogP contribution in [0.3, 0.4) is 0 Å². The summed E-state index contributed by atoms with van der Waals surface area (Å²) in [6.07, 6.45) is 5.12. The molecular formula is C4H6O3S. The van der Waals surface area contributed by atoms with Crippen molar-refractivity contribution in [2.24, 2.45) is 0 Å². The molecule has 8 heavy (non-hydrogen) atoms. The van der Waals surface area contributed by atoms with Gasteiger partial charge in [0.1, 0.15) is 0 Å². The summed E-state index contributed by atoms with van der Waals surface area (Å²) in [5.41, 5.74) is 0. The van der Waals surface area contributed by atoms with E-state index in [4.69, 9.17) is 6.42 Å². The fraction of sp³-hybridized carbons (Fsp3) is 0.500. The van der Waals surface area contributed by atoms with E-state index in [2.05, 4.69) is 10.1 Å². The maximum absolute atomic E-state index is 9.62. The molecule has 0 heterocycles. The van der Waals surface area contributed by atoms with Crippen LogP contribution in [0.4, 0.5) is 0 Å². The first kappa shape index (κ1) is 7.47. The highest BCUT2D eigenvalue weighted by atomic mass is 32.2. The minimum atomic E-state index is -2.71. The second kappa shape index (κ2) is 4.62. The molecule has 0 aromatic rings. The van der Waals surface area contributed by atoms with Crippen LogP contribution in [0.2, 0.25) is 0 Å². The lowest BCUT2D eigenvalue weighted by atomic mass is 10.5. The lowest BCUT2D eigenvalue weighted by Gasteiger charge is -1.84. The number of terminal acetylenes is 1. The van der Waals surface area contributed by atoms with Gasteiger partial charge in [0.2, 0.25) is 0 Å². The predicted octanol–water partition coefficient (Wildman–Crippen LogP) is -0.447. The maximum atomic E-state index is 9.62. The van der Waals surface area contributed by atoms with Crippen LogP contribution in [0.5, 0.6) is 0 Å². The van der Waals surface area contributed by atoms with Gasteiger partial charge in [0.05, 0.1) is 6.61 Å². The summed E-state index contributed by atoms with van der Waals surface area (Å²) < 4.78 is 23.3. The van der Waals surface area contributed by atoms with E-state index in [1.165, 1.54) is 0 Å². The van der Waals surface area contributed by atoms with Gasteiger partial charge in [-0.15, -0.1) is 12.3 Å². The zero-order chi connectivity index (χ0) is 6.41. The number of hydrogen-bond acceptors (Lipinski definition) is 3. The highest BCUT2D eigenvalue weighted by Crippen LogP contribution is 1.77. The van der Waals surface area contributed by atoms with Crippen molar-refractivity contribution in [3.05, 3.63) is 0 Å². The van der Waals surface area contributed by atoms with Crippen molar-refractivity contribution in [3.63, 3.8) is 0 Å². The van der Waals surface area contributed by atoms with Crippen LogP contribution < -0.4 is 0 Å². The summed E-state index contributed by atoms with van der Waals surface area (Å²) in [6, 6.07) is 0. The third-order valence-electron chi connectivity index (χ3n) is 0.443. The van der Waals surface area contributed by atoms with Crippen molar-refractivity contribution >= 4 is 11.0 Å². The first-order chi connectivity index (χ1) is 3.77. The molecule has 0 rings (SSSR count). The van der Waals surface area contributed by atoms with Crippen LogP contribution in [0.25, 0.3) is 0 Å². The molecule has 0 unspecified atom stereocenters. The fourth-order valence-electron chi connectivity index (χ4n) is 0.179. The third-order valence-corrected chi connectivity index (χ3v) is 0.836. The molecule has 0 saturated carbocycles. The number of thiol groups is 1. The monoisotopic (exact) mass is 134 g/mol. The van der Waals surface area contributed by atoms with Crippen molar-refractivity contribution < 1.29 is 12.6 Å². The summed E-state index contributed by atoms with van der Waals surface area (Å²) >= 11 is 0. The first-order valence-corrected chi connectivity index (χ1v) is 3.07. The minimum Gasteiger partial charge on any atom is -0.271 e. The molecule has 46 valence electrons. The Morgan fingerprint density at radius 2 is 2.25 bits per heavy atom. The van der Waals surface area contributed by atoms with Crippen LogP contribution in [0, 0.1) is 12.3 Å². The molecule has 0 atom stereocenters. The Morgan fingerprint density at radius 3 is 2.62 bits per heavy atom. The van der Waals surface area contributed by atoms with Gasteiger partial charge in [-0.1, -0.05) is 0 Å². The van der Waals surface area contributed by atoms with Crippen molar-refractivity contribution in [2.75, 3.05) is 6.61 Å². The van der Waals surface area contributed by atoms with Gasteiger partial charge < -0.3 is 0 Å². The van der Waals surface area contributed by atoms with Gasteiger partial charge in [0, 0.05) is 6.42 Å². The lowest BCUT2D eigenvalue weighted by Crippen LogP contribution is -1.88. The Kier molecular flexibility index (Phi) is 4.32. The summed E-state index contributed by atoms with van der Waals surface area (Å²) in [5.74, 6) is 2.23. The van der Waals surface area contributed by atoms with E-state index in [0.717, 1.165) is 0 Å². The molecule has 0 amide bonds. The summed E-state index contributed by atoms with van der Waals surface area (Å²) in [6.45, 7) is 0.0925. The second-order valence-corrected chi connectivity index (χ2v) is 1.72. The van der Waals surface area contributed by atoms with E-state index in [1.807, 2.05) is 0 Å². The summed E-state index contributed by atoms with van der Waals surface area (Å²) in [4.78, 5) is 0. The van der Waals surface area contributed by atoms with E-state index < -0.39 is 11.0 Å². The zero-order valence-electron chi connectivity index (χ0n) is 4.16. The number of rotatable bonds is 3. The molecule has 0 aliphatic carbocycles. The average molecular weight is 134 g/mol. The lowest BCUT2D eigenvalue weighted by molar-refractivity contribution is 0.342. The molecule has 0 aromatic carbocycles. The Morgan fingerprint density at radius 1 is 1.62 bits per heavy atom. The zero-order valence-corrected chi connectivity index (χ0v) is 5.06. The molecule has 0 aromatic heterocycles. The van der Waals surface area contributed by atoms with Crippen LogP contribution in [-0.4, -0.2) is 15.0 Å². The Balaban J connectivity index is 3.09. The summed E-state index contributed by atoms with van der Waals surface area (Å²) in [5, 5.41) is 0. The average Bonchev–Trinajstić information content (AvgIpc) is 1.66. The van der Waals surface area contributed by atoms with E-state index in [1.54, 1.807) is 0 Å².